The Bertz CT molecular complexity index is 613. The van der Waals surface area contributed by atoms with Gasteiger partial charge in [0, 0.05) is 10.9 Å². The lowest BCUT2D eigenvalue weighted by Gasteiger charge is -1.98. The molecule has 1 aromatic heterocycles. The number of carbonyl (C=O) groups excluding carboxylic acids is 1. The molecule has 0 aliphatic rings. The standard InChI is InChI=1S/C14H11FN2OS/c1-2-7-16-13(18)8-12-9-19-14(17-12)10-3-5-11(15)6-4-10/h1,3-6,9H,7-8H2,(H,16,18). The van der Waals surface area contributed by atoms with Crippen LogP contribution in [0.2, 0.25) is 0 Å². The van der Waals surface area contributed by atoms with Crippen molar-refractivity contribution in [2.45, 2.75) is 6.42 Å². The molecule has 0 radical (unpaired) electrons. The van der Waals surface area contributed by atoms with E-state index in [0.29, 0.717) is 5.69 Å². The third kappa shape index (κ3) is 3.63. The first-order valence-corrected chi connectivity index (χ1v) is 6.47. The number of nitrogens with zero attached hydrogens (tertiary/aromatic N) is 1. The summed E-state index contributed by atoms with van der Waals surface area (Å²) in [7, 11) is 0. The molecule has 0 saturated carbocycles. The number of halogens is 1. The van der Waals surface area contributed by atoms with Crippen molar-refractivity contribution in [1.82, 2.24) is 10.3 Å². The number of aromatic nitrogens is 1. The molecule has 96 valence electrons. The van der Waals surface area contributed by atoms with Gasteiger partial charge < -0.3 is 5.32 Å². The minimum Gasteiger partial charge on any atom is -0.345 e. The minimum absolute atomic E-state index is 0.158. The molecule has 0 aliphatic carbocycles. The normalized spacial score (nSPS) is 9.89. The van der Waals surface area contributed by atoms with E-state index in [1.807, 2.05) is 5.38 Å². The summed E-state index contributed by atoms with van der Waals surface area (Å²) in [6.45, 7) is 0.216. The van der Waals surface area contributed by atoms with Gasteiger partial charge in [-0.1, -0.05) is 5.92 Å². The fourth-order valence-corrected chi connectivity index (χ4v) is 2.32. The van der Waals surface area contributed by atoms with Gasteiger partial charge in [-0.15, -0.1) is 17.8 Å². The van der Waals surface area contributed by atoms with E-state index in [9.17, 15) is 9.18 Å². The van der Waals surface area contributed by atoms with Crippen LogP contribution in [0, 0.1) is 18.2 Å². The van der Waals surface area contributed by atoms with Gasteiger partial charge >= 0.3 is 0 Å². The molecule has 0 aliphatic heterocycles. The number of terminal acetylenes is 1. The summed E-state index contributed by atoms with van der Waals surface area (Å²) in [5.74, 6) is 1.89. The molecule has 19 heavy (non-hydrogen) atoms. The summed E-state index contributed by atoms with van der Waals surface area (Å²) in [5, 5.41) is 5.15. The number of rotatable bonds is 4. The molecule has 0 bridgehead atoms. The Morgan fingerprint density at radius 2 is 2.16 bits per heavy atom. The second-order valence-electron chi connectivity index (χ2n) is 3.81. The Morgan fingerprint density at radius 1 is 1.42 bits per heavy atom. The lowest BCUT2D eigenvalue weighted by molar-refractivity contribution is -0.120. The van der Waals surface area contributed by atoms with Crippen LogP contribution in [0.25, 0.3) is 10.6 Å². The Labute approximate surface area is 114 Å². The summed E-state index contributed by atoms with van der Waals surface area (Å²) in [5.41, 5.74) is 1.51. The number of hydrogen-bond acceptors (Lipinski definition) is 3. The molecule has 1 amide bonds. The summed E-state index contributed by atoms with van der Waals surface area (Å²) in [6, 6.07) is 6.10. The van der Waals surface area contributed by atoms with E-state index in [4.69, 9.17) is 6.42 Å². The first-order valence-electron chi connectivity index (χ1n) is 5.59. The molecular weight excluding hydrogens is 263 g/mol. The molecule has 2 aromatic rings. The van der Waals surface area contributed by atoms with Crippen molar-refractivity contribution in [1.29, 1.82) is 0 Å². The maximum Gasteiger partial charge on any atom is 0.226 e. The second kappa shape index (κ2) is 6.12. The van der Waals surface area contributed by atoms with Gasteiger partial charge in [0.05, 0.1) is 18.7 Å². The van der Waals surface area contributed by atoms with Crippen LogP contribution in [0.5, 0.6) is 0 Å². The fourth-order valence-electron chi connectivity index (χ4n) is 1.49. The first kappa shape index (κ1) is 13.2. The Kier molecular flexibility index (Phi) is 4.26. The van der Waals surface area contributed by atoms with Gasteiger partial charge in [-0.2, -0.15) is 0 Å². The average Bonchev–Trinajstić information content (AvgIpc) is 2.85. The maximum absolute atomic E-state index is 12.8. The largest absolute Gasteiger partial charge is 0.345 e. The Morgan fingerprint density at radius 3 is 2.84 bits per heavy atom. The maximum atomic E-state index is 12.8. The molecule has 1 N–H and O–H groups in total. The van der Waals surface area contributed by atoms with E-state index in [0.717, 1.165) is 10.6 Å². The number of hydrogen-bond donors (Lipinski definition) is 1. The van der Waals surface area contributed by atoms with Gasteiger partial charge in [-0.05, 0) is 24.3 Å². The van der Waals surface area contributed by atoms with Gasteiger partial charge in [0.25, 0.3) is 0 Å². The average molecular weight is 274 g/mol. The molecule has 1 aromatic carbocycles. The van der Waals surface area contributed by atoms with E-state index < -0.39 is 0 Å². The Hall–Kier alpha value is -2.19. The van der Waals surface area contributed by atoms with Crippen LogP contribution < -0.4 is 5.32 Å². The number of carbonyl (C=O) groups is 1. The number of nitrogens with one attached hydrogen (secondary N) is 1. The zero-order valence-corrected chi connectivity index (χ0v) is 10.8. The highest BCUT2D eigenvalue weighted by atomic mass is 32.1. The van der Waals surface area contributed by atoms with Crippen LogP contribution in [0.3, 0.4) is 0 Å². The highest BCUT2D eigenvalue weighted by Crippen LogP contribution is 2.23. The molecule has 0 spiro atoms. The molecule has 3 nitrogen and oxygen atoms in total. The predicted octanol–water partition coefficient (Wildman–Crippen LogP) is 2.24. The highest BCUT2D eigenvalue weighted by molar-refractivity contribution is 7.13. The van der Waals surface area contributed by atoms with Crippen LogP contribution in [0.4, 0.5) is 4.39 Å². The van der Waals surface area contributed by atoms with Gasteiger partial charge in [0.15, 0.2) is 0 Å². The molecule has 5 heteroatoms. The molecule has 0 atom stereocenters. The quantitative estimate of drug-likeness (QED) is 0.869. The SMILES string of the molecule is C#CCNC(=O)Cc1csc(-c2ccc(F)cc2)n1. The zero-order valence-electron chi connectivity index (χ0n) is 10.0. The second-order valence-corrected chi connectivity index (χ2v) is 4.67. The fraction of sp³-hybridized carbons (Fsp3) is 0.143. The van der Waals surface area contributed by atoms with E-state index in [1.54, 1.807) is 12.1 Å². The van der Waals surface area contributed by atoms with Crippen molar-refractivity contribution in [3.05, 3.63) is 41.2 Å². The smallest absolute Gasteiger partial charge is 0.226 e. The van der Waals surface area contributed by atoms with Crippen LogP contribution >= 0.6 is 11.3 Å². The number of thiazole rings is 1. The van der Waals surface area contributed by atoms with Gasteiger partial charge in [-0.25, -0.2) is 9.37 Å². The molecule has 2 rings (SSSR count). The number of amides is 1. The molecule has 1 heterocycles. The van der Waals surface area contributed by atoms with Crippen molar-refractivity contribution >= 4 is 17.2 Å². The topological polar surface area (TPSA) is 42.0 Å². The van der Waals surface area contributed by atoms with E-state index in [1.165, 1.54) is 23.5 Å². The molecule has 0 fully saturated rings. The highest BCUT2D eigenvalue weighted by Gasteiger charge is 2.08. The van der Waals surface area contributed by atoms with Crippen LogP contribution in [-0.4, -0.2) is 17.4 Å². The Balaban J connectivity index is 2.05. The molecular formula is C14H11FN2OS. The van der Waals surface area contributed by atoms with E-state index in [2.05, 4.69) is 16.2 Å². The van der Waals surface area contributed by atoms with Crippen LogP contribution in [0.1, 0.15) is 5.69 Å². The van der Waals surface area contributed by atoms with Crippen molar-refractivity contribution < 1.29 is 9.18 Å². The van der Waals surface area contributed by atoms with Crippen molar-refractivity contribution in [2.24, 2.45) is 0 Å². The van der Waals surface area contributed by atoms with Gasteiger partial charge in [0.1, 0.15) is 10.8 Å². The summed E-state index contributed by atoms with van der Waals surface area (Å²) in [4.78, 5) is 15.8. The zero-order chi connectivity index (χ0) is 13.7. The lowest BCUT2D eigenvalue weighted by Crippen LogP contribution is -2.25. The summed E-state index contributed by atoms with van der Waals surface area (Å²) < 4.78 is 12.8. The van der Waals surface area contributed by atoms with E-state index >= 15 is 0 Å². The van der Waals surface area contributed by atoms with Crippen molar-refractivity contribution in [3.8, 4) is 22.9 Å². The predicted molar refractivity (Wildman–Crippen MR) is 73.1 cm³/mol. The third-order valence-corrected chi connectivity index (χ3v) is 3.31. The monoisotopic (exact) mass is 274 g/mol. The lowest BCUT2D eigenvalue weighted by atomic mass is 10.2. The van der Waals surface area contributed by atoms with Crippen molar-refractivity contribution in [3.63, 3.8) is 0 Å². The first-order chi connectivity index (χ1) is 9.19. The summed E-state index contributed by atoms with van der Waals surface area (Å²) in [6.07, 6.45) is 5.25. The molecule has 0 unspecified atom stereocenters. The van der Waals surface area contributed by atoms with Crippen molar-refractivity contribution in [2.75, 3.05) is 6.54 Å². The van der Waals surface area contributed by atoms with Gasteiger partial charge in [-0.3, -0.25) is 4.79 Å². The molecule has 0 saturated heterocycles. The van der Waals surface area contributed by atoms with Crippen LogP contribution in [-0.2, 0) is 11.2 Å². The summed E-state index contributed by atoms with van der Waals surface area (Å²) >= 11 is 1.42. The number of benzene rings is 1. The van der Waals surface area contributed by atoms with Gasteiger partial charge in [0.2, 0.25) is 5.91 Å². The minimum atomic E-state index is -0.283. The third-order valence-electron chi connectivity index (χ3n) is 2.37. The van der Waals surface area contributed by atoms with E-state index in [-0.39, 0.29) is 24.7 Å². The van der Waals surface area contributed by atoms with Crippen LogP contribution in [0.15, 0.2) is 29.6 Å².